The van der Waals surface area contributed by atoms with E-state index in [9.17, 15) is 27.6 Å². The summed E-state index contributed by atoms with van der Waals surface area (Å²) in [5.41, 5.74) is 3.43. The van der Waals surface area contributed by atoms with Crippen LogP contribution in [-0.2, 0) is 9.59 Å². The molecule has 0 saturated heterocycles. The number of carbonyl (C=O) groups excluding carboxylic acids is 3. The standard InChI is InChI=1S/C15H16F3N3O3/c1-14(2,13(19)24)10-12(23)21(7-15(16,17)18)9-6-4-3-5-8(9)11(22)20-10/h3-6,10H,7H2,1-2H3,(H2,19,24)(H,20,22). The Morgan fingerprint density at radius 1 is 1.25 bits per heavy atom. The van der Waals surface area contributed by atoms with Crippen molar-refractivity contribution in [2.24, 2.45) is 11.1 Å². The molecule has 6 nitrogen and oxygen atoms in total. The van der Waals surface area contributed by atoms with Crippen LogP contribution in [-0.4, -0.2) is 36.5 Å². The number of rotatable bonds is 3. The molecule has 9 heteroatoms. The van der Waals surface area contributed by atoms with Crippen LogP contribution >= 0.6 is 0 Å². The number of hydrogen-bond donors (Lipinski definition) is 2. The van der Waals surface area contributed by atoms with Crippen LogP contribution in [0.1, 0.15) is 24.2 Å². The number of halogens is 3. The Hall–Kier alpha value is -2.58. The number of nitrogens with two attached hydrogens (primary N) is 1. The summed E-state index contributed by atoms with van der Waals surface area (Å²) in [7, 11) is 0. The lowest BCUT2D eigenvalue weighted by Gasteiger charge is -2.33. The topological polar surface area (TPSA) is 92.5 Å². The van der Waals surface area contributed by atoms with Gasteiger partial charge in [-0.25, -0.2) is 0 Å². The average Bonchev–Trinajstić information content (AvgIpc) is 2.57. The highest BCUT2D eigenvalue weighted by Gasteiger charge is 2.47. The molecule has 130 valence electrons. The van der Waals surface area contributed by atoms with Crippen molar-refractivity contribution in [1.29, 1.82) is 0 Å². The molecule has 0 saturated carbocycles. The third-order valence-corrected chi connectivity index (χ3v) is 3.92. The molecule has 1 heterocycles. The summed E-state index contributed by atoms with van der Waals surface area (Å²) in [6, 6.07) is 3.92. The molecule has 3 amide bonds. The van der Waals surface area contributed by atoms with Gasteiger partial charge in [-0.15, -0.1) is 0 Å². The highest BCUT2D eigenvalue weighted by molar-refractivity contribution is 6.12. The largest absolute Gasteiger partial charge is 0.406 e. The van der Waals surface area contributed by atoms with Crippen molar-refractivity contribution >= 4 is 23.4 Å². The van der Waals surface area contributed by atoms with Crippen LogP contribution in [0.5, 0.6) is 0 Å². The number of carbonyl (C=O) groups is 3. The van der Waals surface area contributed by atoms with Crippen molar-refractivity contribution in [3.8, 4) is 0 Å². The van der Waals surface area contributed by atoms with Gasteiger partial charge in [0.1, 0.15) is 12.6 Å². The van der Waals surface area contributed by atoms with E-state index in [2.05, 4.69) is 5.32 Å². The van der Waals surface area contributed by atoms with E-state index in [0.29, 0.717) is 4.90 Å². The molecule has 0 aromatic heterocycles. The van der Waals surface area contributed by atoms with Crippen LogP contribution < -0.4 is 16.0 Å². The Bertz CT molecular complexity index is 701. The fraction of sp³-hybridized carbons (Fsp3) is 0.400. The van der Waals surface area contributed by atoms with E-state index in [1.54, 1.807) is 0 Å². The number of nitrogens with one attached hydrogen (secondary N) is 1. The molecule has 1 atom stereocenters. The molecule has 1 aromatic carbocycles. The summed E-state index contributed by atoms with van der Waals surface area (Å²) in [4.78, 5) is 37.1. The zero-order valence-corrected chi connectivity index (χ0v) is 13.0. The number of benzene rings is 1. The monoisotopic (exact) mass is 343 g/mol. The molecule has 0 spiro atoms. The second-order valence-electron chi connectivity index (χ2n) is 6.05. The minimum atomic E-state index is -4.68. The maximum absolute atomic E-state index is 12.9. The fourth-order valence-corrected chi connectivity index (χ4v) is 2.42. The Balaban J connectivity index is 2.60. The first-order valence-corrected chi connectivity index (χ1v) is 7.03. The van der Waals surface area contributed by atoms with Crippen LogP contribution in [0, 0.1) is 5.41 Å². The van der Waals surface area contributed by atoms with Gasteiger partial charge in [-0.05, 0) is 26.0 Å². The van der Waals surface area contributed by atoms with Gasteiger partial charge >= 0.3 is 6.18 Å². The lowest BCUT2D eigenvalue weighted by molar-refractivity contribution is -0.138. The zero-order chi connectivity index (χ0) is 18.3. The number of nitrogens with zero attached hydrogens (tertiary/aromatic N) is 1. The third-order valence-electron chi connectivity index (χ3n) is 3.92. The number of amides is 3. The molecule has 1 aliphatic rings. The SMILES string of the molecule is CC(C)(C(N)=O)C1NC(=O)c2ccccc2N(CC(F)(F)F)C1=O. The van der Waals surface area contributed by atoms with Crippen molar-refractivity contribution in [2.45, 2.75) is 26.1 Å². The van der Waals surface area contributed by atoms with E-state index in [4.69, 9.17) is 5.73 Å². The quantitative estimate of drug-likeness (QED) is 0.864. The molecule has 1 aromatic rings. The number of para-hydroxylation sites is 1. The lowest BCUT2D eigenvalue weighted by atomic mass is 9.82. The summed E-state index contributed by atoms with van der Waals surface area (Å²) < 4.78 is 38.8. The number of fused-ring (bicyclic) bond motifs is 1. The second kappa shape index (κ2) is 5.81. The van der Waals surface area contributed by atoms with Crippen molar-refractivity contribution in [3.63, 3.8) is 0 Å². The third kappa shape index (κ3) is 3.19. The molecule has 2 rings (SSSR count). The Labute approximate surface area is 135 Å². The van der Waals surface area contributed by atoms with Gasteiger partial charge in [0.25, 0.3) is 11.8 Å². The first-order chi connectivity index (χ1) is 10.9. The van der Waals surface area contributed by atoms with E-state index in [1.807, 2.05) is 0 Å². The molecule has 0 bridgehead atoms. The lowest BCUT2D eigenvalue weighted by Crippen LogP contribution is -2.58. The predicted octanol–water partition coefficient (Wildman–Crippen LogP) is 1.21. The van der Waals surface area contributed by atoms with Gasteiger partial charge in [0.05, 0.1) is 16.7 Å². The van der Waals surface area contributed by atoms with E-state index >= 15 is 0 Å². The molecule has 1 unspecified atom stereocenters. The van der Waals surface area contributed by atoms with Crippen LogP contribution in [0.4, 0.5) is 18.9 Å². The molecule has 1 aliphatic heterocycles. The summed E-state index contributed by atoms with van der Waals surface area (Å²) in [5.74, 6) is -2.71. The molecule has 0 fully saturated rings. The maximum Gasteiger partial charge on any atom is 0.406 e. The highest BCUT2D eigenvalue weighted by Crippen LogP contribution is 2.32. The van der Waals surface area contributed by atoms with Crippen LogP contribution in [0.25, 0.3) is 0 Å². The second-order valence-corrected chi connectivity index (χ2v) is 6.05. The molecule has 3 N–H and O–H groups in total. The first-order valence-electron chi connectivity index (χ1n) is 7.03. The smallest absolute Gasteiger partial charge is 0.369 e. The number of hydrogen-bond acceptors (Lipinski definition) is 3. The summed E-state index contributed by atoms with van der Waals surface area (Å²) in [6.07, 6.45) is -4.68. The molecule has 24 heavy (non-hydrogen) atoms. The van der Waals surface area contributed by atoms with Crippen molar-refractivity contribution in [2.75, 3.05) is 11.4 Å². The van der Waals surface area contributed by atoms with Crippen LogP contribution in [0.3, 0.4) is 0 Å². The zero-order valence-electron chi connectivity index (χ0n) is 13.0. The molecule has 0 radical (unpaired) electrons. The summed E-state index contributed by atoms with van der Waals surface area (Å²) in [5, 5.41) is 2.32. The van der Waals surface area contributed by atoms with E-state index < -0.39 is 41.9 Å². The summed E-state index contributed by atoms with van der Waals surface area (Å²) in [6.45, 7) is 1.00. The molecular formula is C15H16F3N3O3. The number of anilines is 1. The van der Waals surface area contributed by atoms with Crippen molar-refractivity contribution < 1.29 is 27.6 Å². The van der Waals surface area contributed by atoms with Gasteiger partial charge in [0.15, 0.2) is 0 Å². The van der Waals surface area contributed by atoms with E-state index in [-0.39, 0.29) is 11.3 Å². The van der Waals surface area contributed by atoms with Gasteiger partial charge in [0.2, 0.25) is 5.91 Å². The Kier molecular flexibility index (Phi) is 4.30. The molecular weight excluding hydrogens is 327 g/mol. The van der Waals surface area contributed by atoms with Gasteiger partial charge in [-0.2, -0.15) is 13.2 Å². The minimum absolute atomic E-state index is 0.0853. The van der Waals surface area contributed by atoms with Gasteiger partial charge < -0.3 is 16.0 Å². The fourth-order valence-electron chi connectivity index (χ4n) is 2.42. The highest BCUT2D eigenvalue weighted by atomic mass is 19.4. The minimum Gasteiger partial charge on any atom is -0.369 e. The van der Waals surface area contributed by atoms with Crippen molar-refractivity contribution in [3.05, 3.63) is 29.8 Å². The first kappa shape index (κ1) is 17.8. The summed E-state index contributed by atoms with van der Waals surface area (Å²) >= 11 is 0. The van der Waals surface area contributed by atoms with E-state index in [1.165, 1.54) is 38.1 Å². The van der Waals surface area contributed by atoms with Gasteiger partial charge in [0, 0.05) is 0 Å². The predicted molar refractivity (Wildman–Crippen MR) is 79.1 cm³/mol. The van der Waals surface area contributed by atoms with Crippen LogP contribution in [0.15, 0.2) is 24.3 Å². The van der Waals surface area contributed by atoms with Crippen molar-refractivity contribution in [1.82, 2.24) is 5.32 Å². The van der Waals surface area contributed by atoms with E-state index in [0.717, 1.165) is 0 Å². The number of alkyl halides is 3. The molecule has 0 aliphatic carbocycles. The van der Waals surface area contributed by atoms with Gasteiger partial charge in [-0.1, -0.05) is 12.1 Å². The Morgan fingerprint density at radius 2 is 1.83 bits per heavy atom. The van der Waals surface area contributed by atoms with Crippen LogP contribution in [0.2, 0.25) is 0 Å². The normalized spacial score (nSPS) is 18.7. The Morgan fingerprint density at radius 3 is 2.38 bits per heavy atom. The number of primary amides is 1. The average molecular weight is 343 g/mol. The van der Waals surface area contributed by atoms with Gasteiger partial charge in [-0.3, -0.25) is 14.4 Å². The maximum atomic E-state index is 12.9.